The first-order chi connectivity index (χ1) is 20.5. The molecule has 11 heteroatoms. The van der Waals surface area contributed by atoms with Crippen LogP contribution in [0.4, 0.5) is 0 Å². The summed E-state index contributed by atoms with van der Waals surface area (Å²) in [6, 6.07) is 7.40. The van der Waals surface area contributed by atoms with Crippen LogP contribution in [0.5, 0.6) is 0 Å². The lowest BCUT2D eigenvalue weighted by atomic mass is 9.76. The smallest absolute Gasteiger partial charge is 0.227 e. The van der Waals surface area contributed by atoms with Gasteiger partial charge in [-0.3, -0.25) is 14.4 Å². The van der Waals surface area contributed by atoms with Gasteiger partial charge in [0.05, 0.1) is 61.3 Å². The lowest BCUT2D eigenvalue weighted by Gasteiger charge is -2.34. The maximum atomic E-state index is 13.8. The number of amides is 1. The van der Waals surface area contributed by atoms with Crippen molar-refractivity contribution >= 4 is 28.8 Å². The lowest BCUT2D eigenvalue weighted by molar-refractivity contribution is -0.146. The van der Waals surface area contributed by atoms with Gasteiger partial charge in [-0.1, -0.05) is 45.0 Å². The summed E-state index contributed by atoms with van der Waals surface area (Å²) >= 11 is 1.60. The van der Waals surface area contributed by atoms with Crippen molar-refractivity contribution in [2.75, 3.05) is 52.7 Å². The number of hydrogen-bond acceptors (Lipinski definition) is 10. The third-order valence-corrected chi connectivity index (χ3v) is 8.58. The predicted molar refractivity (Wildman–Crippen MR) is 166 cm³/mol. The number of carbonyl (C=O) groups excluding carboxylic acids is 3. The number of carbonyl (C=O) groups is 3. The zero-order valence-electron chi connectivity index (χ0n) is 25.9. The van der Waals surface area contributed by atoms with Crippen LogP contribution in [0, 0.1) is 18.3 Å². The van der Waals surface area contributed by atoms with E-state index in [9.17, 15) is 19.5 Å². The van der Waals surface area contributed by atoms with Crippen LogP contribution in [0.2, 0.25) is 0 Å². The molecule has 0 bridgehead atoms. The van der Waals surface area contributed by atoms with E-state index in [0.29, 0.717) is 39.4 Å². The standard InChI is InChI=1S/C32H47N3O7S/c1-22-30(43-21-34-22)24-8-5-23(6-9-24)7-10-29(38)28-18-25(36)19-35(28)31(39)27(32(2,3)4)17-26(37)20-42-16-15-41-14-13-40-12-11-33/h5-6,8-9,21,25,27-28,36H,7,10-20,33H2,1-4H3. The van der Waals surface area contributed by atoms with E-state index in [1.165, 1.54) is 4.90 Å². The van der Waals surface area contributed by atoms with E-state index in [2.05, 4.69) is 4.98 Å². The molecule has 238 valence electrons. The molecule has 10 nitrogen and oxygen atoms in total. The quantitative estimate of drug-likeness (QED) is 0.241. The van der Waals surface area contributed by atoms with Gasteiger partial charge in [0.15, 0.2) is 11.6 Å². The Morgan fingerprint density at radius 1 is 1.07 bits per heavy atom. The number of ketones is 2. The van der Waals surface area contributed by atoms with Gasteiger partial charge in [0.25, 0.3) is 0 Å². The van der Waals surface area contributed by atoms with Gasteiger partial charge in [-0.15, -0.1) is 11.3 Å². The van der Waals surface area contributed by atoms with Crippen molar-refractivity contribution in [3.63, 3.8) is 0 Å². The number of thiazole rings is 1. The van der Waals surface area contributed by atoms with Crippen LogP contribution in [0.15, 0.2) is 29.8 Å². The number of benzene rings is 1. The Kier molecular flexibility index (Phi) is 13.9. The average Bonchev–Trinajstić information content (AvgIpc) is 3.58. The van der Waals surface area contributed by atoms with E-state index in [1.807, 2.05) is 57.5 Å². The Labute approximate surface area is 258 Å². The number of β-amino-alcohol motifs (C(OH)–C–C–N with tert-alkyl or cyclic N) is 1. The van der Waals surface area contributed by atoms with Gasteiger partial charge >= 0.3 is 0 Å². The summed E-state index contributed by atoms with van der Waals surface area (Å²) in [7, 11) is 0. The molecule has 2 heterocycles. The summed E-state index contributed by atoms with van der Waals surface area (Å²) in [6.07, 6.45) is 0.224. The molecule has 0 spiro atoms. The molecule has 3 unspecified atom stereocenters. The predicted octanol–water partition coefficient (Wildman–Crippen LogP) is 3.21. The summed E-state index contributed by atoms with van der Waals surface area (Å²) in [4.78, 5) is 46.9. The molecular formula is C32H47N3O7S. The van der Waals surface area contributed by atoms with Crippen LogP contribution in [-0.2, 0) is 35.0 Å². The fraction of sp³-hybridized carbons (Fsp3) is 0.625. The third-order valence-electron chi connectivity index (χ3n) is 7.60. The topological polar surface area (TPSA) is 141 Å². The number of Topliss-reactive ketones (excluding diaryl/α,β-unsaturated/α-hetero) is 2. The number of nitrogens with two attached hydrogens (primary N) is 1. The van der Waals surface area contributed by atoms with E-state index >= 15 is 0 Å². The Balaban J connectivity index is 1.52. The monoisotopic (exact) mass is 617 g/mol. The molecule has 43 heavy (non-hydrogen) atoms. The molecule has 0 aliphatic carbocycles. The summed E-state index contributed by atoms with van der Waals surface area (Å²) in [6.45, 7) is 10.0. The summed E-state index contributed by atoms with van der Waals surface area (Å²) in [5.41, 5.74) is 9.77. The zero-order chi connectivity index (χ0) is 31.4. The first-order valence-electron chi connectivity index (χ1n) is 15.0. The van der Waals surface area contributed by atoms with Crippen molar-refractivity contribution in [3.8, 4) is 10.4 Å². The number of hydrogen-bond donors (Lipinski definition) is 2. The van der Waals surface area contributed by atoms with Crippen molar-refractivity contribution in [3.05, 3.63) is 41.0 Å². The third kappa shape index (κ3) is 10.8. The minimum atomic E-state index is -0.778. The highest BCUT2D eigenvalue weighted by atomic mass is 32.1. The van der Waals surface area contributed by atoms with Gasteiger partial charge in [0, 0.05) is 38.3 Å². The van der Waals surface area contributed by atoms with Crippen molar-refractivity contribution in [2.24, 2.45) is 17.1 Å². The Morgan fingerprint density at radius 2 is 1.72 bits per heavy atom. The highest BCUT2D eigenvalue weighted by molar-refractivity contribution is 7.13. The van der Waals surface area contributed by atoms with E-state index in [1.54, 1.807) is 11.3 Å². The van der Waals surface area contributed by atoms with Crippen molar-refractivity contribution in [1.29, 1.82) is 0 Å². The highest BCUT2D eigenvalue weighted by Gasteiger charge is 2.44. The molecule has 0 saturated carbocycles. The molecule has 1 amide bonds. The van der Waals surface area contributed by atoms with Crippen LogP contribution < -0.4 is 5.73 Å². The van der Waals surface area contributed by atoms with E-state index < -0.39 is 23.5 Å². The van der Waals surface area contributed by atoms with E-state index in [4.69, 9.17) is 19.9 Å². The van der Waals surface area contributed by atoms with Gasteiger partial charge < -0.3 is 30.0 Å². The second-order valence-corrected chi connectivity index (χ2v) is 12.9. The molecule has 3 N–H and O–H groups in total. The maximum Gasteiger partial charge on any atom is 0.227 e. The summed E-state index contributed by atoms with van der Waals surface area (Å²) in [5.74, 6) is -1.20. The van der Waals surface area contributed by atoms with Gasteiger partial charge in [-0.05, 0) is 29.9 Å². The number of aromatic nitrogens is 1. The second-order valence-electron chi connectivity index (χ2n) is 12.1. The largest absolute Gasteiger partial charge is 0.391 e. The zero-order valence-corrected chi connectivity index (χ0v) is 26.7. The molecule has 1 aromatic carbocycles. The molecule has 3 rings (SSSR count). The van der Waals surface area contributed by atoms with Crippen molar-refractivity contribution in [1.82, 2.24) is 9.88 Å². The summed E-state index contributed by atoms with van der Waals surface area (Å²) in [5, 5.41) is 10.4. The molecule has 2 aromatic rings. The first kappa shape index (κ1) is 34.9. The Bertz CT molecular complexity index is 1180. The minimum Gasteiger partial charge on any atom is -0.391 e. The molecule has 0 radical (unpaired) electrons. The highest BCUT2D eigenvalue weighted by Crippen LogP contribution is 2.34. The number of nitrogens with zero attached hydrogens (tertiary/aromatic N) is 2. The van der Waals surface area contributed by atoms with E-state index in [-0.39, 0.29) is 56.5 Å². The van der Waals surface area contributed by atoms with E-state index in [0.717, 1.165) is 21.7 Å². The number of likely N-dealkylation sites (tertiary alicyclic amines) is 1. The Morgan fingerprint density at radius 3 is 2.33 bits per heavy atom. The number of rotatable bonds is 18. The molecule has 1 saturated heterocycles. The minimum absolute atomic E-state index is 0.00475. The van der Waals surface area contributed by atoms with Crippen LogP contribution in [0.3, 0.4) is 0 Å². The molecular weight excluding hydrogens is 570 g/mol. The van der Waals surface area contributed by atoms with Crippen LogP contribution >= 0.6 is 11.3 Å². The van der Waals surface area contributed by atoms with Crippen molar-refractivity contribution < 1.29 is 33.7 Å². The molecule has 3 atom stereocenters. The Hall–Kier alpha value is -2.54. The SMILES string of the molecule is Cc1ncsc1-c1ccc(CCC(=O)C2CC(O)CN2C(=O)C(CC(=O)COCCOCCOCCN)C(C)(C)C)cc1. The van der Waals surface area contributed by atoms with Crippen LogP contribution in [-0.4, -0.2) is 97.3 Å². The normalized spacial score (nSPS) is 17.8. The molecule has 1 fully saturated rings. The fourth-order valence-electron chi connectivity index (χ4n) is 5.16. The molecule has 1 aromatic heterocycles. The average molecular weight is 618 g/mol. The fourth-order valence-corrected chi connectivity index (χ4v) is 5.97. The van der Waals surface area contributed by atoms with Crippen LogP contribution in [0.1, 0.15) is 51.3 Å². The number of ether oxygens (including phenoxy) is 3. The maximum absolute atomic E-state index is 13.8. The van der Waals surface area contributed by atoms with Crippen LogP contribution in [0.25, 0.3) is 10.4 Å². The first-order valence-corrected chi connectivity index (χ1v) is 15.8. The van der Waals surface area contributed by atoms with Crippen molar-refractivity contribution in [2.45, 2.75) is 65.5 Å². The second kappa shape index (κ2) is 17.1. The van der Waals surface area contributed by atoms with Gasteiger partial charge in [0.2, 0.25) is 5.91 Å². The number of aryl methyl sites for hydroxylation is 2. The van der Waals surface area contributed by atoms with Gasteiger partial charge in [0.1, 0.15) is 6.61 Å². The number of aliphatic hydroxyl groups excluding tert-OH is 1. The lowest BCUT2D eigenvalue weighted by Crippen LogP contribution is -2.47. The van der Waals surface area contributed by atoms with Gasteiger partial charge in [-0.25, -0.2) is 4.98 Å². The number of aliphatic hydroxyl groups is 1. The summed E-state index contributed by atoms with van der Waals surface area (Å²) < 4.78 is 16.1. The molecule has 1 aliphatic rings. The van der Waals surface area contributed by atoms with Gasteiger partial charge in [-0.2, -0.15) is 0 Å². The molecule has 1 aliphatic heterocycles.